The molecule has 9 heteroatoms. The van der Waals surface area contributed by atoms with E-state index in [9.17, 15) is 18.0 Å². The molecular weight excluding hydrogens is 467 g/mol. The summed E-state index contributed by atoms with van der Waals surface area (Å²) in [5, 5.41) is 7.29. The van der Waals surface area contributed by atoms with E-state index < -0.39 is 11.7 Å². The summed E-state index contributed by atoms with van der Waals surface area (Å²) in [5.74, 6) is -0.144. The molecule has 0 radical (unpaired) electrons. The number of aromatic nitrogens is 2. The lowest BCUT2D eigenvalue weighted by Crippen LogP contribution is -2.43. The van der Waals surface area contributed by atoms with Crippen LogP contribution in [-0.2, 0) is 19.3 Å². The minimum absolute atomic E-state index is 0.120. The van der Waals surface area contributed by atoms with E-state index in [1.807, 2.05) is 12.1 Å². The van der Waals surface area contributed by atoms with Crippen molar-refractivity contribution in [3.63, 3.8) is 0 Å². The highest BCUT2D eigenvalue weighted by Crippen LogP contribution is 2.43. The topological polar surface area (TPSA) is 53.4 Å². The summed E-state index contributed by atoms with van der Waals surface area (Å²) < 4.78 is 41.2. The Morgan fingerprint density at radius 1 is 1.03 bits per heavy atom. The Balaban J connectivity index is 1.28. The van der Waals surface area contributed by atoms with Crippen LogP contribution in [0.25, 0.3) is 5.69 Å². The van der Waals surface area contributed by atoms with Gasteiger partial charge in [-0.25, -0.2) is 4.68 Å². The third kappa shape index (κ3) is 5.63. The first-order valence-electron chi connectivity index (χ1n) is 12.3. The number of carbonyl (C=O) groups excluding carboxylic acids is 1. The van der Waals surface area contributed by atoms with Crippen molar-refractivity contribution in [2.24, 2.45) is 0 Å². The molecule has 0 spiro atoms. The number of benzene rings is 2. The molecule has 1 aliphatic carbocycles. The number of amides is 1. The fraction of sp³-hybridized carbons (Fsp3) is 0.407. The number of piperazine rings is 1. The summed E-state index contributed by atoms with van der Waals surface area (Å²) >= 11 is 0. The van der Waals surface area contributed by atoms with Crippen molar-refractivity contribution in [3.8, 4) is 5.69 Å². The van der Waals surface area contributed by atoms with Crippen molar-refractivity contribution in [2.75, 3.05) is 33.2 Å². The van der Waals surface area contributed by atoms with Gasteiger partial charge in [0.25, 0.3) is 5.91 Å². The van der Waals surface area contributed by atoms with Crippen molar-refractivity contribution in [1.82, 2.24) is 24.9 Å². The molecule has 1 saturated carbocycles. The van der Waals surface area contributed by atoms with Crippen LogP contribution in [0.1, 0.15) is 51.5 Å². The summed E-state index contributed by atoms with van der Waals surface area (Å²) in [6.45, 7) is 5.45. The highest BCUT2D eigenvalue weighted by Gasteiger charge is 2.34. The number of hydrogen-bond donors (Lipinski definition) is 1. The second-order valence-electron chi connectivity index (χ2n) is 9.76. The Kier molecular flexibility index (Phi) is 6.85. The standard InChI is InChI=1S/C27H30F3N5O/c1-33-10-12-34(13-11-33)18-20-5-2-4-19(14-20)16-31-26(36)24-17-32-35(25(24)21-8-9-21)23-7-3-6-22(15-23)27(28,29)30/h2-7,14-15,17,21H,8-13,16,18H2,1H3,(H,31,36). The number of alkyl halides is 3. The summed E-state index contributed by atoms with van der Waals surface area (Å²) in [6.07, 6.45) is -1.20. The molecule has 5 rings (SSSR count). The molecule has 190 valence electrons. The van der Waals surface area contributed by atoms with E-state index in [1.54, 1.807) is 6.07 Å². The van der Waals surface area contributed by atoms with Crippen molar-refractivity contribution in [2.45, 2.75) is 38.0 Å². The Morgan fingerprint density at radius 2 is 1.75 bits per heavy atom. The van der Waals surface area contributed by atoms with Crippen molar-refractivity contribution in [3.05, 3.63) is 82.7 Å². The minimum atomic E-state index is -4.44. The lowest BCUT2D eigenvalue weighted by molar-refractivity contribution is -0.137. The van der Waals surface area contributed by atoms with Crippen LogP contribution in [0.3, 0.4) is 0 Å². The molecule has 1 saturated heterocycles. The molecule has 36 heavy (non-hydrogen) atoms. The molecule has 2 heterocycles. The molecule has 2 aromatic carbocycles. The largest absolute Gasteiger partial charge is 0.416 e. The number of rotatable bonds is 7. The van der Waals surface area contributed by atoms with E-state index in [0.29, 0.717) is 23.5 Å². The van der Waals surface area contributed by atoms with E-state index in [2.05, 4.69) is 39.4 Å². The van der Waals surface area contributed by atoms with Gasteiger partial charge < -0.3 is 10.2 Å². The van der Waals surface area contributed by atoms with E-state index >= 15 is 0 Å². The van der Waals surface area contributed by atoms with Gasteiger partial charge in [-0.1, -0.05) is 30.3 Å². The van der Waals surface area contributed by atoms with Gasteiger partial charge in [0.1, 0.15) is 0 Å². The van der Waals surface area contributed by atoms with E-state index in [4.69, 9.17) is 0 Å². The summed E-state index contributed by atoms with van der Waals surface area (Å²) in [7, 11) is 2.14. The smallest absolute Gasteiger partial charge is 0.348 e. The van der Waals surface area contributed by atoms with Gasteiger partial charge in [0.2, 0.25) is 0 Å². The molecule has 2 aliphatic rings. The van der Waals surface area contributed by atoms with Crippen LogP contribution in [0, 0.1) is 0 Å². The normalized spacial score (nSPS) is 17.3. The fourth-order valence-corrected chi connectivity index (χ4v) is 4.68. The maximum absolute atomic E-state index is 13.2. The highest BCUT2D eigenvalue weighted by atomic mass is 19.4. The first-order valence-corrected chi connectivity index (χ1v) is 12.3. The van der Waals surface area contributed by atoms with E-state index in [-0.39, 0.29) is 11.8 Å². The molecule has 2 fully saturated rings. The average molecular weight is 498 g/mol. The third-order valence-corrected chi connectivity index (χ3v) is 6.88. The second-order valence-corrected chi connectivity index (χ2v) is 9.76. The lowest BCUT2D eigenvalue weighted by Gasteiger charge is -2.32. The van der Waals surface area contributed by atoms with Gasteiger partial charge in [-0.15, -0.1) is 0 Å². The van der Waals surface area contributed by atoms with Gasteiger partial charge in [0.15, 0.2) is 0 Å². The molecule has 1 aliphatic heterocycles. The molecule has 3 aromatic rings. The zero-order valence-corrected chi connectivity index (χ0v) is 20.3. The zero-order valence-electron chi connectivity index (χ0n) is 20.3. The average Bonchev–Trinajstić information content (AvgIpc) is 3.61. The van der Waals surface area contributed by atoms with E-state index in [0.717, 1.165) is 63.3 Å². The van der Waals surface area contributed by atoms with Gasteiger partial charge in [-0.3, -0.25) is 9.69 Å². The Labute approximate surface area is 208 Å². The monoisotopic (exact) mass is 497 g/mol. The maximum atomic E-state index is 13.2. The number of likely N-dealkylation sites (N-methyl/N-ethyl adjacent to an activating group) is 1. The Hall–Kier alpha value is -3.17. The van der Waals surface area contributed by atoms with Gasteiger partial charge in [0.05, 0.1) is 28.7 Å². The molecule has 1 N–H and O–H groups in total. The Morgan fingerprint density at radius 3 is 2.47 bits per heavy atom. The van der Waals surface area contributed by atoms with Crippen molar-refractivity contribution >= 4 is 5.91 Å². The van der Waals surface area contributed by atoms with Crippen LogP contribution >= 0.6 is 0 Å². The molecule has 0 atom stereocenters. The predicted molar refractivity (Wildman–Crippen MR) is 131 cm³/mol. The summed E-state index contributed by atoms with van der Waals surface area (Å²) in [6, 6.07) is 13.3. The van der Waals surface area contributed by atoms with E-state index in [1.165, 1.54) is 22.5 Å². The van der Waals surface area contributed by atoms with Gasteiger partial charge in [-0.05, 0) is 49.2 Å². The quantitative estimate of drug-likeness (QED) is 0.524. The van der Waals surface area contributed by atoms with Gasteiger partial charge in [0, 0.05) is 45.2 Å². The number of hydrogen-bond acceptors (Lipinski definition) is 4. The predicted octanol–water partition coefficient (Wildman–Crippen LogP) is 4.45. The first-order chi connectivity index (χ1) is 17.3. The van der Waals surface area contributed by atoms with Gasteiger partial charge in [-0.2, -0.15) is 18.3 Å². The number of carbonyl (C=O) groups is 1. The summed E-state index contributed by atoms with van der Waals surface area (Å²) in [4.78, 5) is 17.9. The molecule has 1 amide bonds. The fourth-order valence-electron chi connectivity index (χ4n) is 4.68. The molecule has 1 aromatic heterocycles. The van der Waals surface area contributed by atoms with Crippen molar-refractivity contribution < 1.29 is 18.0 Å². The highest BCUT2D eigenvalue weighted by molar-refractivity contribution is 5.95. The maximum Gasteiger partial charge on any atom is 0.416 e. The van der Waals surface area contributed by atoms with Gasteiger partial charge >= 0.3 is 6.18 Å². The van der Waals surface area contributed by atoms with Crippen LogP contribution in [-0.4, -0.2) is 58.7 Å². The Bertz CT molecular complexity index is 1230. The second kappa shape index (κ2) is 10.1. The zero-order chi connectivity index (χ0) is 25.3. The van der Waals surface area contributed by atoms with Crippen LogP contribution in [0.15, 0.2) is 54.7 Å². The minimum Gasteiger partial charge on any atom is -0.348 e. The van der Waals surface area contributed by atoms with Crippen LogP contribution in [0.2, 0.25) is 0 Å². The number of nitrogens with one attached hydrogen (secondary N) is 1. The van der Waals surface area contributed by atoms with Crippen LogP contribution in [0.5, 0.6) is 0 Å². The SMILES string of the molecule is CN1CCN(Cc2cccc(CNC(=O)c3cnn(-c4cccc(C(F)(F)F)c4)c3C3CC3)c2)CC1. The first kappa shape index (κ1) is 24.5. The third-order valence-electron chi connectivity index (χ3n) is 6.88. The summed E-state index contributed by atoms with van der Waals surface area (Å²) in [5.41, 5.74) is 2.89. The molecular formula is C27H30F3N5O. The molecule has 6 nitrogen and oxygen atoms in total. The van der Waals surface area contributed by atoms with Crippen molar-refractivity contribution in [1.29, 1.82) is 0 Å². The molecule has 0 bridgehead atoms. The van der Waals surface area contributed by atoms with Crippen LogP contribution < -0.4 is 5.32 Å². The lowest BCUT2D eigenvalue weighted by atomic mass is 10.1. The number of halogens is 3. The number of nitrogens with zero attached hydrogens (tertiary/aromatic N) is 4. The van der Waals surface area contributed by atoms with Crippen LogP contribution in [0.4, 0.5) is 13.2 Å². The molecule has 0 unspecified atom stereocenters.